The highest BCUT2D eigenvalue weighted by molar-refractivity contribution is 5.80. The second kappa shape index (κ2) is 9.57. The molecule has 0 unspecified atom stereocenters. The zero-order chi connectivity index (χ0) is 21.6. The van der Waals surface area contributed by atoms with Crippen molar-refractivity contribution in [2.24, 2.45) is 5.10 Å². The second-order valence-corrected chi connectivity index (χ2v) is 7.89. The Labute approximate surface area is 181 Å². The third kappa shape index (κ3) is 5.58. The first-order chi connectivity index (χ1) is 15.1. The van der Waals surface area contributed by atoms with Crippen LogP contribution in [0, 0.1) is 0 Å². The summed E-state index contributed by atoms with van der Waals surface area (Å²) in [6, 6.07) is 17.9. The van der Waals surface area contributed by atoms with Crippen molar-refractivity contribution < 1.29 is 4.74 Å². The van der Waals surface area contributed by atoms with Crippen LogP contribution in [-0.4, -0.2) is 33.7 Å². The van der Waals surface area contributed by atoms with E-state index in [1.54, 1.807) is 6.21 Å². The summed E-state index contributed by atoms with van der Waals surface area (Å²) in [5.74, 6) is 1.18. The van der Waals surface area contributed by atoms with Crippen molar-refractivity contribution in [2.75, 3.05) is 12.0 Å². The maximum absolute atomic E-state index is 12.6. The van der Waals surface area contributed by atoms with Crippen molar-refractivity contribution in [1.82, 2.24) is 14.9 Å². The topological polar surface area (TPSA) is 82.6 Å². The molecule has 2 N–H and O–H groups in total. The predicted octanol–water partition coefficient (Wildman–Crippen LogP) is 3.56. The highest BCUT2D eigenvalue weighted by Crippen LogP contribution is 2.17. The fraction of sp³-hybridized carbons (Fsp3) is 0.292. The number of H-pyrrole nitrogens is 1. The van der Waals surface area contributed by atoms with Crippen LogP contribution in [0.15, 0.2) is 64.5 Å². The molecule has 7 nitrogen and oxygen atoms in total. The van der Waals surface area contributed by atoms with E-state index < -0.39 is 0 Å². The molecule has 0 saturated heterocycles. The average Bonchev–Trinajstić information content (AvgIpc) is 2.76. The Bertz CT molecular complexity index is 1090. The molecule has 0 atom stereocenters. The van der Waals surface area contributed by atoms with Gasteiger partial charge in [0.2, 0.25) is 5.95 Å². The van der Waals surface area contributed by atoms with Crippen LogP contribution in [0.3, 0.4) is 0 Å². The van der Waals surface area contributed by atoms with E-state index in [4.69, 9.17) is 4.74 Å². The summed E-state index contributed by atoms with van der Waals surface area (Å²) in [5.41, 5.74) is 6.45. The first kappa shape index (κ1) is 20.8. The Hall–Kier alpha value is -3.45. The number of aromatic nitrogens is 2. The van der Waals surface area contributed by atoms with Crippen LogP contribution < -0.4 is 15.7 Å². The van der Waals surface area contributed by atoms with Gasteiger partial charge in [-0.1, -0.05) is 30.3 Å². The van der Waals surface area contributed by atoms with Crippen molar-refractivity contribution >= 4 is 12.2 Å². The van der Waals surface area contributed by atoms with Crippen molar-refractivity contribution in [3.05, 3.63) is 87.3 Å². The molecule has 0 bridgehead atoms. The number of hydrogen-bond donors (Lipinski definition) is 2. The Morgan fingerprint density at radius 2 is 1.97 bits per heavy atom. The molecule has 1 aromatic heterocycles. The van der Waals surface area contributed by atoms with Gasteiger partial charge in [0.05, 0.1) is 23.6 Å². The number of rotatable bonds is 7. The summed E-state index contributed by atoms with van der Waals surface area (Å²) in [5, 5.41) is 4.20. The number of ether oxygens (including phenoxy) is 1. The molecule has 0 fully saturated rings. The lowest BCUT2D eigenvalue weighted by Crippen LogP contribution is -2.35. The van der Waals surface area contributed by atoms with Crippen molar-refractivity contribution in [3.8, 4) is 5.75 Å². The van der Waals surface area contributed by atoms with Crippen molar-refractivity contribution in [3.63, 3.8) is 0 Å². The smallest absolute Gasteiger partial charge is 0.257 e. The molecule has 2 heterocycles. The number of nitrogens with one attached hydrogen (secondary N) is 2. The van der Waals surface area contributed by atoms with Crippen LogP contribution in [0.2, 0.25) is 0 Å². The van der Waals surface area contributed by atoms with E-state index in [2.05, 4.69) is 37.5 Å². The lowest BCUT2D eigenvalue weighted by molar-refractivity contribution is 0.242. The molecular formula is C24H27N5O2. The zero-order valence-corrected chi connectivity index (χ0v) is 17.8. The first-order valence-electron chi connectivity index (χ1n) is 10.5. The largest absolute Gasteiger partial charge is 0.491 e. The number of fused-ring (bicyclic) bond motifs is 1. The molecule has 0 saturated carbocycles. The van der Waals surface area contributed by atoms with Gasteiger partial charge in [-0.25, -0.2) is 10.4 Å². The monoisotopic (exact) mass is 417 g/mol. The van der Waals surface area contributed by atoms with E-state index in [0.717, 1.165) is 42.1 Å². The molecule has 0 aliphatic carbocycles. The third-order valence-corrected chi connectivity index (χ3v) is 5.03. The number of hydrogen-bond acceptors (Lipinski definition) is 6. The zero-order valence-electron chi connectivity index (χ0n) is 17.8. The Kier molecular flexibility index (Phi) is 6.43. The van der Waals surface area contributed by atoms with E-state index in [0.29, 0.717) is 12.5 Å². The molecule has 0 spiro atoms. The van der Waals surface area contributed by atoms with E-state index in [1.165, 1.54) is 5.56 Å². The van der Waals surface area contributed by atoms with Crippen LogP contribution in [0.4, 0.5) is 5.95 Å². The fourth-order valence-corrected chi connectivity index (χ4v) is 3.58. The van der Waals surface area contributed by atoms with Crippen molar-refractivity contribution in [1.29, 1.82) is 0 Å². The molecule has 7 heteroatoms. The molecule has 2 aromatic carbocycles. The fourth-order valence-electron chi connectivity index (χ4n) is 3.58. The van der Waals surface area contributed by atoms with Gasteiger partial charge in [0.25, 0.3) is 5.56 Å². The van der Waals surface area contributed by atoms with Gasteiger partial charge >= 0.3 is 0 Å². The number of aromatic amines is 1. The molecule has 160 valence electrons. The molecule has 4 rings (SSSR count). The third-order valence-electron chi connectivity index (χ3n) is 5.03. The van der Waals surface area contributed by atoms with Gasteiger partial charge in [0.1, 0.15) is 5.75 Å². The summed E-state index contributed by atoms with van der Waals surface area (Å²) < 4.78 is 5.64. The first-order valence-corrected chi connectivity index (χ1v) is 10.5. The molecule has 31 heavy (non-hydrogen) atoms. The van der Waals surface area contributed by atoms with Gasteiger partial charge in [-0.2, -0.15) is 5.10 Å². The van der Waals surface area contributed by atoms with E-state index >= 15 is 0 Å². The number of nitrogens with zero attached hydrogens (tertiary/aromatic N) is 3. The van der Waals surface area contributed by atoms with Gasteiger partial charge in [-0.05, 0) is 49.2 Å². The highest BCUT2D eigenvalue weighted by atomic mass is 16.5. The van der Waals surface area contributed by atoms with Gasteiger partial charge < -0.3 is 4.74 Å². The Morgan fingerprint density at radius 3 is 2.71 bits per heavy atom. The van der Waals surface area contributed by atoms with Gasteiger partial charge in [-0.15, -0.1) is 0 Å². The maximum atomic E-state index is 12.6. The van der Waals surface area contributed by atoms with Gasteiger partial charge in [-0.3, -0.25) is 14.7 Å². The van der Waals surface area contributed by atoms with Gasteiger partial charge in [0, 0.05) is 26.1 Å². The number of hydrazone groups is 1. The average molecular weight is 418 g/mol. The minimum absolute atomic E-state index is 0.115. The predicted molar refractivity (Wildman–Crippen MR) is 123 cm³/mol. The maximum Gasteiger partial charge on any atom is 0.257 e. The number of anilines is 1. The minimum Gasteiger partial charge on any atom is -0.491 e. The molecule has 0 amide bonds. The van der Waals surface area contributed by atoms with E-state index in [9.17, 15) is 4.79 Å². The summed E-state index contributed by atoms with van der Waals surface area (Å²) in [7, 11) is 0. The highest BCUT2D eigenvalue weighted by Gasteiger charge is 2.21. The van der Waals surface area contributed by atoms with Crippen LogP contribution in [0.1, 0.15) is 36.2 Å². The normalized spacial score (nSPS) is 14.0. The minimum atomic E-state index is -0.115. The standard InChI is InChI=1S/C24H27N5O2/c1-17(2)31-20-10-8-18(9-11-20)14-25-28-24-26-22-12-13-29(16-21(22)23(30)27-24)15-19-6-4-3-5-7-19/h3-11,14,17H,12-13,15-16H2,1-2H3,(H2,26,27,28,30)/b25-14-. The summed E-state index contributed by atoms with van der Waals surface area (Å²) in [6.07, 6.45) is 2.56. The summed E-state index contributed by atoms with van der Waals surface area (Å²) in [4.78, 5) is 22.2. The van der Waals surface area contributed by atoms with Crippen molar-refractivity contribution in [2.45, 2.75) is 39.5 Å². The molecule has 0 radical (unpaired) electrons. The molecule has 1 aliphatic heterocycles. The van der Waals surface area contributed by atoms with E-state index in [-0.39, 0.29) is 11.7 Å². The van der Waals surface area contributed by atoms with Crippen LogP contribution in [0.5, 0.6) is 5.75 Å². The van der Waals surface area contributed by atoms with E-state index in [1.807, 2.05) is 56.3 Å². The van der Waals surface area contributed by atoms with Crippen LogP contribution in [0.25, 0.3) is 0 Å². The van der Waals surface area contributed by atoms with Crippen LogP contribution >= 0.6 is 0 Å². The summed E-state index contributed by atoms with van der Waals surface area (Å²) in [6.45, 7) is 6.27. The Balaban J connectivity index is 1.38. The van der Waals surface area contributed by atoms with Gasteiger partial charge in [0.15, 0.2) is 0 Å². The summed E-state index contributed by atoms with van der Waals surface area (Å²) >= 11 is 0. The molecule has 3 aromatic rings. The van der Waals surface area contributed by atoms with Crippen LogP contribution in [-0.2, 0) is 19.5 Å². The Morgan fingerprint density at radius 1 is 1.19 bits per heavy atom. The molecule has 1 aliphatic rings. The second-order valence-electron chi connectivity index (χ2n) is 7.89. The molecular weight excluding hydrogens is 390 g/mol. The number of benzene rings is 2. The lowest BCUT2D eigenvalue weighted by Gasteiger charge is -2.27. The SMILES string of the molecule is CC(C)Oc1ccc(/C=N\Nc2nc3c(c(=O)[nH]2)CN(Cc2ccccc2)CC3)cc1. The lowest BCUT2D eigenvalue weighted by atomic mass is 10.1. The quantitative estimate of drug-likeness (QED) is 0.454.